The van der Waals surface area contributed by atoms with Gasteiger partial charge < -0.3 is 0 Å². The molecule has 0 aromatic heterocycles. The Labute approximate surface area is 99.2 Å². The van der Waals surface area contributed by atoms with Crippen LogP contribution in [0.15, 0.2) is 24.3 Å². The molecule has 90 valence electrons. The monoisotopic (exact) mass is 220 g/mol. The number of nitrogens with two attached hydrogens (primary N) is 1. The third-order valence-corrected chi connectivity index (χ3v) is 2.66. The summed E-state index contributed by atoms with van der Waals surface area (Å²) in [5, 5.41) is 0. The Bertz CT molecular complexity index is 326. The van der Waals surface area contributed by atoms with Crippen LogP contribution in [-0.2, 0) is 6.42 Å². The Morgan fingerprint density at radius 1 is 1.31 bits per heavy atom. The van der Waals surface area contributed by atoms with Gasteiger partial charge in [0, 0.05) is 6.04 Å². The molecule has 0 spiro atoms. The molecular formula is C14H24N2. The van der Waals surface area contributed by atoms with E-state index in [0.717, 1.165) is 12.8 Å². The SMILES string of the molecule is Cc1cccc(CC(CC(C)(C)C)NN)c1. The molecule has 0 heterocycles. The van der Waals surface area contributed by atoms with Gasteiger partial charge in [-0.05, 0) is 30.7 Å². The van der Waals surface area contributed by atoms with Crippen LogP contribution in [0.2, 0.25) is 0 Å². The van der Waals surface area contributed by atoms with Crippen LogP contribution in [0.5, 0.6) is 0 Å². The smallest absolute Gasteiger partial charge is 0.0255 e. The van der Waals surface area contributed by atoms with Gasteiger partial charge in [0.25, 0.3) is 0 Å². The van der Waals surface area contributed by atoms with E-state index in [1.807, 2.05) is 0 Å². The van der Waals surface area contributed by atoms with Gasteiger partial charge in [0.2, 0.25) is 0 Å². The Morgan fingerprint density at radius 3 is 2.50 bits per heavy atom. The van der Waals surface area contributed by atoms with Crippen LogP contribution in [0.3, 0.4) is 0 Å². The van der Waals surface area contributed by atoms with Gasteiger partial charge in [-0.1, -0.05) is 50.6 Å². The summed E-state index contributed by atoms with van der Waals surface area (Å²) in [5.41, 5.74) is 5.90. The van der Waals surface area contributed by atoms with Gasteiger partial charge in [-0.3, -0.25) is 11.3 Å². The fraction of sp³-hybridized carbons (Fsp3) is 0.571. The summed E-state index contributed by atoms with van der Waals surface area (Å²) < 4.78 is 0. The van der Waals surface area contributed by atoms with E-state index >= 15 is 0 Å². The molecule has 16 heavy (non-hydrogen) atoms. The molecule has 1 rings (SSSR count). The Morgan fingerprint density at radius 2 is 2.00 bits per heavy atom. The van der Waals surface area contributed by atoms with Crippen molar-refractivity contribution in [1.82, 2.24) is 5.43 Å². The van der Waals surface area contributed by atoms with E-state index < -0.39 is 0 Å². The lowest BCUT2D eigenvalue weighted by molar-refractivity contribution is 0.308. The molecule has 0 aliphatic heterocycles. The molecule has 2 nitrogen and oxygen atoms in total. The van der Waals surface area contributed by atoms with E-state index in [1.165, 1.54) is 11.1 Å². The first-order valence-corrected chi connectivity index (χ1v) is 5.92. The van der Waals surface area contributed by atoms with Crippen LogP contribution in [0, 0.1) is 12.3 Å². The molecule has 1 atom stereocenters. The van der Waals surface area contributed by atoms with E-state index in [1.54, 1.807) is 0 Å². The standard InChI is InChI=1S/C14H24N2/c1-11-6-5-7-12(8-11)9-13(16-15)10-14(2,3)4/h5-8,13,16H,9-10,15H2,1-4H3. The maximum absolute atomic E-state index is 5.62. The van der Waals surface area contributed by atoms with Gasteiger partial charge >= 0.3 is 0 Å². The quantitative estimate of drug-likeness (QED) is 0.605. The molecular weight excluding hydrogens is 196 g/mol. The lowest BCUT2D eigenvalue weighted by Crippen LogP contribution is -2.39. The minimum absolute atomic E-state index is 0.306. The third kappa shape index (κ3) is 4.77. The second-order valence-electron chi connectivity index (χ2n) is 5.82. The highest BCUT2D eigenvalue weighted by Gasteiger charge is 2.17. The average Bonchev–Trinajstić information content (AvgIpc) is 2.14. The van der Waals surface area contributed by atoms with Crippen molar-refractivity contribution in [3.05, 3.63) is 35.4 Å². The normalized spacial score (nSPS) is 13.8. The van der Waals surface area contributed by atoms with Crippen LogP contribution in [-0.4, -0.2) is 6.04 Å². The first kappa shape index (κ1) is 13.2. The van der Waals surface area contributed by atoms with Crippen LogP contribution >= 0.6 is 0 Å². The van der Waals surface area contributed by atoms with Crippen molar-refractivity contribution >= 4 is 0 Å². The van der Waals surface area contributed by atoms with Crippen molar-refractivity contribution in [3.8, 4) is 0 Å². The second-order valence-corrected chi connectivity index (χ2v) is 5.82. The summed E-state index contributed by atoms with van der Waals surface area (Å²) in [4.78, 5) is 0. The van der Waals surface area contributed by atoms with E-state index in [2.05, 4.69) is 57.4 Å². The van der Waals surface area contributed by atoms with Gasteiger partial charge in [-0.25, -0.2) is 0 Å². The maximum Gasteiger partial charge on any atom is 0.0255 e. The molecule has 0 bridgehead atoms. The topological polar surface area (TPSA) is 38.0 Å². The minimum atomic E-state index is 0.306. The number of hydrogen-bond acceptors (Lipinski definition) is 2. The lowest BCUT2D eigenvalue weighted by atomic mass is 9.86. The van der Waals surface area contributed by atoms with Crippen molar-refractivity contribution in [2.24, 2.45) is 11.3 Å². The average molecular weight is 220 g/mol. The fourth-order valence-electron chi connectivity index (χ4n) is 2.05. The number of benzene rings is 1. The summed E-state index contributed by atoms with van der Waals surface area (Å²) in [7, 11) is 0. The molecule has 0 aliphatic carbocycles. The zero-order valence-corrected chi connectivity index (χ0v) is 10.9. The number of rotatable bonds is 4. The van der Waals surface area contributed by atoms with Crippen LogP contribution in [0.25, 0.3) is 0 Å². The molecule has 0 amide bonds. The summed E-state index contributed by atoms with van der Waals surface area (Å²) in [6.45, 7) is 8.85. The number of hydrazine groups is 1. The number of aryl methyl sites for hydroxylation is 1. The minimum Gasteiger partial charge on any atom is -0.271 e. The maximum atomic E-state index is 5.62. The largest absolute Gasteiger partial charge is 0.271 e. The fourth-order valence-corrected chi connectivity index (χ4v) is 2.05. The van der Waals surface area contributed by atoms with Gasteiger partial charge in [0.05, 0.1) is 0 Å². The molecule has 2 heteroatoms. The molecule has 0 radical (unpaired) electrons. The summed E-state index contributed by atoms with van der Waals surface area (Å²) in [6, 6.07) is 8.97. The van der Waals surface area contributed by atoms with E-state index in [0.29, 0.717) is 11.5 Å². The molecule has 1 aromatic rings. The van der Waals surface area contributed by atoms with Crippen molar-refractivity contribution < 1.29 is 0 Å². The molecule has 0 fully saturated rings. The van der Waals surface area contributed by atoms with Gasteiger partial charge in [0.15, 0.2) is 0 Å². The highest BCUT2D eigenvalue weighted by Crippen LogP contribution is 2.22. The van der Waals surface area contributed by atoms with E-state index in [9.17, 15) is 0 Å². The highest BCUT2D eigenvalue weighted by molar-refractivity contribution is 5.23. The predicted octanol–water partition coefficient (Wildman–Crippen LogP) is 2.81. The van der Waals surface area contributed by atoms with E-state index in [4.69, 9.17) is 5.84 Å². The first-order valence-electron chi connectivity index (χ1n) is 5.92. The molecule has 0 saturated carbocycles. The number of hydrogen-bond donors (Lipinski definition) is 2. The zero-order valence-electron chi connectivity index (χ0n) is 10.9. The molecule has 3 N–H and O–H groups in total. The van der Waals surface area contributed by atoms with Crippen LogP contribution in [0.1, 0.15) is 38.3 Å². The van der Waals surface area contributed by atoms with Gasteiger partial charge in [0.1, 0.15) is 0 Å². The molecule has 1 aromatic carbocycles. The predicted molar refractivity (Wildman–Crippen MR) is 70.1 cm³/mol. The highest BCUT2D eigenvalue weighted by atomic mass is 15.2. The Kier molecular flexibility index (Phi) is 4.51. The van der Waals surface area contributed by atoms with Gasteiger partial charge in [-0.15, -0.1) is 0 Å². The molecule has 0 saturated heterocycles. The lowest BCUT2D eigenvalue weighted by Gasteiger charge is -2.25. The first-order chi connectivity index (χ1) is 7.40. The van der Waals surface area contributed by atoms with Crippen LogP contribution in [0.4, 0.5) is 0 Å². The van der Waals surface area contributed by atoms with Crippen molar-refractivity contribution in [2.45, 2.75) is 46.6 Å². The summed E-state index contributed by atoms with van der Waals surface area (Å²) in [5.74, 6) is 5.62. The number of nitrogens with one attached hydrogen (secondary N) is 1. The van der Waals surface area contributed by atoms with Crippen LogP contribution < -0.4 is 11.3 Å². The van der Waals surface area contributed by atoms with Gasteiger partial charge in [-0.2, -0.15) is 0 Å². The van der Waals surface area contributed by atoms with E-state index in [-0.39, 0.29) is 0 Å². The molecule has 0 aliphatic rings. The molecule has 1 unspecified atom stereocenters. The van der Waals surface area contributed by atoms with Crippen molar-refractivity contribution in [2.75, 3.05) is 0 Å². The second kappa shape index (κ2) is 5.46. The zero-order chi connectivity index (χ0) is 12.2. The Balaban J connectivity index is 2.63. The van der Waals surface area contributed by atoms with Crippen molar-refractivity contribution in [3.63, 3.8) is 0 Å². The van der Waals surface area contributed by atoms with Crippen molar-refractivity contribution in [1.29, 1.82) is 0 Å². The third-order valence-electron chi connectivity index (χ3n) is 2.66. The summed E-state index contributed by atoms with van der Waals surface area (Å²) >= 11 is 0. The Hall–Kier alpha value is -0.860. The summed E-state index contributed by atoms with van der Waals surface area (Å²) in [6.07, 6.45) is 2.08.